The van der Waals surface area contributed by atoms with Crippen molar-refractivity contribution in [1.82, 2.24) is 0 Å². The second-order valence-corrected chi connectivity index (χ2v) is 6.91. The molecular formula is C20H21NOS. The second-order valence-electron chi connectivity index (χ2n) is 5.86. The van der Waals surface area contributed by atoms with Gasteiger partial charge in [-0.2, -0.15) is 0 Å². The molecule has 2 aromatic carbocycles. The molecule has 0 aliphatic carbocycles. The van der Waals surface area contributed by atoms with Crippen molar-refractivity contribution >= 4 is 33.0 Å². The molecule has 23 heavy (non-hydrogen) atoms. The molecular weight excluding hydrogens is 302 g/mol. The summed E-state index contributed by atoms with van der Waals surface area (Å²) in [6.07, 6.45) is 1.96. The Kier molecular flexibility index (Phi) is 4.49. The minimum atomic E-state index is 0.00310. The molecule has 0 spiro atoms. The van der Waals surface area contributed by atoms with Crippen LogP contribution in [0.5, 0.6) is 0 Å². The lowest BCUT2D eigenvalue weighted by Gasteiger charge is -2.10. The molecule has 0 saturated carbocycles. The predicted molar refractivity (Wildman–Crippen MR) is 99.7 cm³/mol. The van der Waals surface area contributed by atoms with Crippen LogP contribution in [-0.2, 0) is 6.42 Å². The van der Waals surface area contributed by atoms with E-state index >= 15 is 0 Å². The molecule has 3 aromatic rings. The molecule has 0 aliphatic rings. The largest absolute Gasteiger partial charge is 0.321 e. The first-order valence-electron chi connectivity index (χ1n) is 7.99. The monoisotopic (exact) mass is 323 g/mol. The highest BCUT2D eigenvalue weighted by Gasteiger charge is 2.18. The van der Waals surface area contributed by atoms with Crippen molar-refractivity contribution < 1.29 is 4.79 Å². The van der Waals surface area contributed by atoms with Crippen LogP contribution in [0.2, 0.25) is 0 Å². The van der Waals surface area contributed by atoms with Gasteiger partial charge in [0.1, 0.15) is 0 Å². The fourth-order valence-electron chi connectivity index (χ4n) is 2.85. The molecule has 0 bridgehead atoms. The maximum atomic E-state index is 12.8. The van der Waals surface area contributed by atoms with E-state index in [1.165, 1.54) is 21.2 Å². The van der Waals surface area contributed by atoms with Gasteiger partial charge in [0.25, 0.3) is 5.91 Å². The van der Waals surface area contributed by atoms with Gasteiger partial charge in [0.15, 0.2) is 0 Å². The topological polar surface area (TPSA) is 29.1 Å². The number of thiophene rings is 1. The molecule has 0 atom stereocenters. The number of rotatable bonds is 4. The van der Waals surface area contributed by atoms with Crippen molar-refractivity contribution in [3.05, 3.63) is 64.0 Å². The molecule has 3 rings (SSSR count). The van der Waals surface area contributed by atoms with Crippen LogP contribution < -0.4 is 5.32 Å². The molecule has 1 aromatic heterocycles. The van der Waals surface area contributed by atoms with Gasteiger partial charge in [0.05, 0.1) is 4.88 Å². The van der Waals surface area contributed by atoms with Crippen LogP contribution >= 0.6 is 11.3 Å². The first-order chi connectivity index (χ1) is 11.1. The smallest absolute Gasteiger partial charge is 0.266 e. The summed E-state index contributed by atoms with van der Waals surface area (Å²) in [6, 6.07) is 14.3. The van der Waals surface area contributed by atoms with Crippen LogP contribution in [0.3, 0.4) is 0 Å². The number of carbonyl (C=O) groups is 1. The highest BCUT2D eigenvalue weighted by atomic mass is 32.1. The van der Waals surface area contributed by atoms with Gasteiger partial charge in [0, 0.05) is 10.4 Å². The SMILES string of the molecule is CCCc1c(C(=O)Nc2cccc(C)c2C)sc2ccccc12. The molecule has 3 heteroatoms. The Balaban J connectivity index is 2.00. The summed E-state index contributed by atoms with van der Waals surface area (Å²) >= 11 is 1.59. The Morgan fingerprint density at radius 1 is 1.09 bits per heavy atom. The lowest BCUT2D eigenvalue weighted by Crippen LogP contribution is -2.13. The lowest BCUT2D eigenvalue weighted by molar-refractivity contribution is 0.102. The predicted octanol–water partition coefficient (Wildman–Crippen LogP) is 5.72. The molecule has 0 fully saturated rings. The molecule has 0 saturated heterocycles. The van der Waals surface area contributed by atoms with Gasteiger partial charge >= 0.3 is 0 Å². The molecule has 2 nitrogen and oxygen atoms in total. The Labute approximate surface area is 141 Å². The van der Waals surface area contributed by atoms with Crippen LogP contribution in [-0.4, -0.2) is 5.91 Å². The third-order valence-electron chi connectivity index (χ3n) is 4.26. The zero-order valence-electron chi connectivity index (χ0n) is 13.8. The first kappa shape index (κ1) is 15.8. The second kappa shape index (κ2) is 6.55. The van der Waals surface area contributed by atoms with Crippen LogP contribution in [0, 0.1) is 13.8 Å². The number of amides is 1. The molecule has 0 aliphatic heterocycles. The van der Waals surface area contributed by atoms with Crippen LogP contribution in [0.25, 0.3) is 10.1 Å². The highest BCUT2D eigenvalue weighted by molar-refractivity contribution is 7.21. The van der Waals surface area contributed by atoms with Crippen LogP contribution in [0.15, 0.2) is 42.5 Å². The molecule has 1 N–H and O–H groups in total. The Bertz CT molecular complexity index is 863. The fraction of sp³-hybridized carbons (Fsp3) is 0.250. The summed E-state index contributed by atoms with van der Waals surface area (Å²) in [5.74, 6) is 0.00310. The third kappa shape index (κ3) is 3.02. The van der Waals surface area contributed by atoms with Crippen molar-refractivity contribution in [2.75, 3.05) is 5.32 Å². The summed E-state index contributed by atoms with van der Waals surface area (Å²) in [4.78, 5) is 13.7. The maximum Gasteiger partial charge on any atom is 0.266 e. The standard InChI is InChI=1S/C20H21NOS/c1-4-8-16-15-10-5-6-12-18(15)23-19(16)20(22)21-17-11-7-9-13(2)14(17)3/h5-7,9-12H,4,8H2,1-3H3,(H,21,22). The Hall–Kier alpha value is -2.13. The highest BCUT2D eigenvalue weighted by Crippen LogP contribution is 2.33. The van der Waals surface area contributed by atoms with Crippen molar-refractivity contribution in [3.8, 4) is 0 Å². The zero-order valence-corrected chi connectivity index (χ0v) is 14.6. The number of nitrogens with one attached hydrogen (secondary N) is 1. The first-order valence-corrected chi connectivity index (χ1v) is 8.81. The number of fused-ring (bicyclic) bond motifs is 1. The van der Waals surface area contributed by atoms with Gasteiger partial charge < -0.3 is 5.32 Å². The average Bonchev–Trinajstić information content (AvgIpc) is 2.91. The number of anilines is 1. The van der Waals surface area contributed by atoms with Gasteiger partial charge in [-0.15, -0.1) is 11.3 Å². The van der Waals surface area contributed by atoms with E-state index in [2.05, 4.69) is 37.4 Å². The quantitative estimate of drug-likeness (QED) is 0.653. The van der Waals surface area contributed by atoms with E-state index in [1.54, 1.807) is 11.3 Å². The van der Waals surface area contributed by atoms with E-state index in [-0.39, 0.29) is 5.91 Å². The van der Waals surface area contributed by atoms with Gasteiger partial charge in [-0.3, -0.25) is 4.79 Å². The van der Waals surface area contributed by atoms with E-state index in [0.29, 0.717) is 0 Å². The van der Waals surface area contributed by atoms with Gasteiger partial charge in [-0.05, 0) is 54.5 Å². The third-order valence-corrected chi connectivity index (χ3v) is 5.47. The van der Waals surface area contributed by atoms with E-state index < -0.39 is 0 Å². The fourth-order valence-corrected chi connectivity index (χ4v) is 3.99. The maximum absolute atomic E-state index is 12.8. The summed E-state index contributed by atoms with van der Waals surface area (Å²) in [5.41, 5.74) is 4.39. The van der Waals surface area contributed by atoms with E-state index in [4.69, 9.17) is 0 Å². The van der Waals surface area contributed by atoms with E-state index in [0.717, 1.165) is 29.0 Å². The van der Waals surface area contributed by atoms with Gasteiger partial charge in [-0.1, -0.05) is 43.7 Å². The van der Waals surface area contributed by atoms with Crippen LogP contribution in [0.1, 0.15) is 39.7 Å². The number of hydrogen-bond acceptors (Lipinski definition) is 2. The molecule has 1 amide bonds. The summed E-state index contributed by atoms with van der Waals surface area (Å²) < 4.78 is 1.18. The normalized spacial score (nSPS) is 10.9. The van der Waals surface area contributed by atoms with Crippen molar-refractivity contribution in [2.24, 2.45) is 0 Å². The van der Waals surface area contributed by atoms with Crippen LogP contribution in [0.4, 0.5) is 5.69 Å². The zero-order chi connectivity index (χ0) is 16.4. The number of benzene rings is 2. The van der Waals surface area contributed by atoms with Gasteiger partial charge in [0.2, 0.25) is 0 Å². The molecule has 0 radical (unpaired) electrons. The molecule has 118 valence electrons. The number of carbonyl (C=O) groups excluding carboxylic acids is 1. The summed E-state index contributed by atoms with van der Waals surface area (Å²) in [5, 5.41) is 4.31. The van der Waals surface area contributed by atoms with Crippen molar-refractivity contribution in [3.63, 3.8) is 0 Å². The minimum Gasteiger partial charge on any atom is -0.321 e. The lowest BCUT2D eigenvalue weighted by atomic mass is 10.0. The van der Waals surface area contributed by atoms with E-state index in [1.807, 2.05) is 31.2 Å². The van der Waals surface area contributed by atoms with Crippen molar-refractivity contribution in [2.45, 2.75) is 33.6 Å². The summed E-state index contributed by atoms with van der Waals surface area (Å²) in [6.45, 7) is 6.26. The van der Waals surface area contributed by atoms with E-state index in [9.17, 15) is 4.79 Å². The number of hydrogen-bond donors (Lipinski definition) is 1. The molecule has 0 unspecified atom stereocenters. The average molecular weight is 323 g/mol. The minimum absolute atomic E-state index is 0.00310. The Morgan fingerprint density at radius 3 is 2.65 bits per heavy atom. The van der Waals surface area contributed by atoms with Gasteiger partial charge in [-0.25, -0.2) is 0 Å². The number of aryl methyl sites for hydroxylation is 2. The molecule has 1 heterocycles. The van der Waals surface area contributed by atoms with Crippen molar-refractivity contribution in [1.29, 1.82) is 0 Å². The Morgan fingerprint density at radius 2 is 1.87 bits per heavy atom. The summed E-state index contributed by atoms with van der Waals surface area (Å²) in [7, 11) is 0.